The average molecular weight is 246 g/mol. The van der Waals surface area contributed by atoms with Gasteiger partial charge in [-0.2, -0.15) is 0 Å². The topological polar surface area (TPSA) is 77.4 Å². The number of benzene rings is 1. The second-order valence-electron chi connectivity index (χ2n) is 2.52. The van der Waals surface area contributed by atoms with Gasteiger partial charge in [-0.3, -0.25) is 0 Å². The Morgan fingerprint density at radius 3 is 2.20 bits per heavy atom. The Morgan fingerprint density at radius 2 is 1.80 bits per heavy atom. The van der Waals surface area contributed by atoms with Crippen molar-refractivity contribution in [2.75, 3.05) is 0 Å². The van der Waals surface area contributed by atoms with Crippen LogP contribution < -0.4 is 29.6 Å². The average Bonchev–Trinajstić information content (AvgIpc) is 2.07. The van der Waals surface area contributed by atoms with E-state index in [0.717, 1.165) is 6.07 Å². The molecule has 0 fully saturated rings. The van der Waals surface area contributed by atoms with Gasteiger partial charge < -0.3 is 9.66 Å². The molecule has 0 aliphatic heterocycles. The molecule has 1 aromatic carbocycles. The van der Waals surface area contributed by atoms with E-state index < -0.39 is 32.8 Å². The molecule has 1 unspecified atom stereocenters. The number of hydrogen-bond donors (Lipinski definition) is 1. The summed E-state index contributed by atoms with van der Waals surface area (Å²) in [5.74, 6) is -2.52. The van der Waals surface area contributed by atoms with Crippen LogP contribution in [0.3, 0.4) is 0 Å². The second kappa shape index (κ2) is 5.33. The van der Waals surface area contributed by atoms with Crippen molar-refractivity contribution in [2.24, 2.45) is 0 Å². The van der Waals surface area contributed by atoms with Crippen molar-refractivity contribution in [1.82, 2.24) is 0 Å². The van der Waals surface area contributed by atoms with E-state index >= 15 is 0 Å². The molecule has 1 atom stereocenters. The zero-order valence-electron chi connectivity index (χ0n) is 7.65. The van der Waals surface area contributed by atoms with E-state index in [-0.39, 0.29) is 29.6 Å². The maximum Gasteiger partial charge on any atom is 1.00 e. The molecule has 1 N–H and O–H groups in total. The van der Waals surface area contributed by atoms with Gasteiger partial charge in [-0.05, 0) is 17.7 Å². The third-order valence-electron chi connectivity index (χ3n) is 1.50. The minimum absolute atomic E-state index is 0. The van der Waals surface area contributed by atoms with E-state index in [1.807, 2.05) is 0 Å². The Morgan fingerprint density at radius 1 is 1.27 bits per heavy atom. The maximum absolute atomic E-state index is 12.5. The largest absolute Gasteiger partial charge is 1.00 e. The smallest absolute Gasteiger partial charge is 0.746 e. The number of rotatable bonds is 2. The van der Waals surface area contributed by atoms with Crippen molar-refractivity contribution < 1.29 is 56.4 Å². The molecule has 0 radical (unpaired) electrons. The predicted molar refractivity (Wildman–Crippen MR) is 41.0 cm³/mol. The molecule has 15 heavy (non-hydrogen) atoms. The van der Waals surface area contributed by atoms with Gasteiger partial charge in [0.1, 0.15) is 10.1 Å². The van der Waals surface area contributed by atoms with E-state index in [9.17, 15) is 21.8 Å². The van der Waals surface area contributed by atoms with Crippen LogP contribution >= 0.6 is 0 Å². The third-order valence-corrected chi connectivity index (χ3v) is 2.32. The van der Waals surface area contributed by atoms with Gasteiger partial charge in [-0.25, -0.2) is 17.2 Å². The fourth-order valence-electron chi connectivity index (χ4n) is 0.833. The maximum atomic E-state index is 12.5. The van der Waals surface area contributed by atoms with Gasteiger partial charge in [-0.1, -0.05) is 6.07 Å². The quantitative estimate of drug-likeness (QED) is 0.462. The summed E-state index contributed by atoms with van der Waals surface area (Å²) in [5.41, 5.74) is -2.88. The van der Waals surface area contributed by atoms with Crippen LogP contribution in [0.2, 0.25) is 0 Å². The predicted octanol–water partition coefficient (Wildman–Crippen LogP) is -2.50. The van der Waals surface area contributed by atoms with E-state index in [0.29, 0.717) is 12.1 Å². The van der Waals surface area contributed by atoms with Crippen LogP contribution in [0.15, 0.2) is 18.2 Å². The summed E-state index contributed by atoms with van der Waals surface area (Å²) in [4.78, 5) is 0. The summed E-state index contributed by atoms with van der Waals surface area (Å²) < 4.78 is 55.8. The van der Waals surface area contributed by atoms with Gasteiger partial charge in [0, 0.05) is 0 Å². The molecule has 0 spiro atoms. The standard InChI is InChI=1S/C7H6F2O4S.Na/c8-5-2-1-4(3-6(5)9)7(10)14(11,12)13;/h1-3,7,10H,(H,11,12,13);/q;+1/p-1. The molecule has 0 heterocycles. The number of hydrogen-bond acceptors (Lipinski definition) is 4. The van der Waals surface area contributed by atoms with E-state index in [1.54, 1.807) is 0 Å². The minimum atomic E-state index is -4.97. The van der Waals surface area contributed by atoms with Gasteiger partial charge in [0.15, 0.2) is 17.1 Å². The summed E-state index contributed by atoms with van der Waals surface area (Å²) in [6.07, 6.45) is 0. The first-order valence-electron chi connectivity index (χ1n) is 3.40. The molecular weight excluding hydrogens is 241 g/mol. The van der Waals surface area contributed by atoms with Gasteiger partial charge in [0.25, 0.3) is 0 Å². The first-order valence-corrected chi connectivity index (χ1v) is 4.87. The minimum Gasteiger partial charge on any atom is -0.746 e. The van der Waals surface area contributed by atoms with Crippen molar-refractivity contribution >= 4 is 10.1 Å². The van der Waals surface area contributed by atoms with Crippen LogP contribution in [0.1, 0.15) is 11.0 Å². The van der Waals surface area contributed by atoms with Crippen LogP contribution in [0.5, 0.6) is 0 Å². The molecule has 8 heteroatoms. The fraction of sp³-hybridized carbons (Fsp3) is 0.143. The number of aliphatic hydroxyl groups excluding tert-OH is 1. The fourth-order valence-corrected chi connectivity index (χ4v) is 1.31. The Hall–Kier alpha value is -0.0500. The van der Waals surface area contributed by atoms with Crippen LogP contribution in [-0.4, -0.2) is 18.1 Å². The zero-order chi connectivity index (χ0) is 10.9. The van der Waals surface area contributed by atoms with Gasteiger partial charge in [0.2, 0.25) is 0 Å². The normalized spacial score (nSPS) is 13.1. The van der Waals surface area contributed by atoms with Crippen molar-refractivity contribution in [1.29, 1.82) is 0 Å². The van der Waals surface area contributed by atoms with Crippen molar-refractivity contribution in [3.8, 4) is 0 Å². The van der Waals surface area contributed by atoms with Crippen molar-refractivity contribution in [3.05, 3.63) is 35.4 Å². The summed E-state index contributed by atoms with van der Waals surface area (Å²) in [6, 6.07) is 1.90. The van der Waals surface area contributed by atoms with Crippen LogP contribution in [0, 0.1) is 11.6 Å². The molecule has 78 valence electrons. The van der Waals surface area contributed by atoms with Gasteiger partial charge in [-0.15, -0.1) is 0 Å². The first kappa shape index (κ1) is 14.9. The Labute approximate surface area is 107 Å². The van der Waals surface area contributed by atoms with E-state index in [2.05, 4.69) is 0 Å². The summed E-state index contributed by atoms with van der Waals surface area (Å²) in [6.45, 7) is 0. The summed E-state index contributed by atoms with van der Waals surface area (Å²) in [5, 5.41) is 8.88. The molecule has 1 aromatic rings. The molecule has 0 amide bonds. The molecule has 0 saturated heterocycles. The summed E-state index contributed by atoms with van der Waals surface area (Å²) >= 11 is 0. The van der Waals surface area contributed by atoms with Crippen molar-refractivity contribution in [2.45, 2.75) is 5.44 Å². The Bertz CT molecular complexity index is 448. The molecule has 0 aromatic heterocycles. The number of aliphatic hydroxyl groups is 1. The van der Waals surface area contributed by atoms with Gasteiger partial charge >= 0.3 is 29.6 Å². The summed E-state index contributed by atoms with van der Waals surface area (Å²) in [7, 11) is -4.97. The Balaban J connectivity index is 0.00000196. The first-order chi connectivity index (χ1) is 6.32. The second-order valence-corrected chi connectivity index (χ2v) is 3.95. The van der Waals surface area contributed by atoms with Crippen LogP contribution in [0.4, 0.5) is 8.78 Å². The Kier molecular flexibility index (Phi) is 5.31. The van der Waals surface area contributed by atoms with E-state index in [4.69, 9.17) is 5.11 Å². The number of halogens is 2. The molecule has 0 bridgehead atoms. The monoisotopic (exact) mass is 246 g/mol. The van der Waals surface area contributed by atoms with Crippen LogP contribution in [-0.2, 0) is 10.1 Å². The molecular formula is C7H5F2NaO4S. The zero-order valence-corrected chi connectivity index (χ0v) is 10.5. The van der Waals surface area contributed by atoms with Crippen molar-refractivity contribution in [3.63, 3.8) is 0 Å². The molecule has 1 rings (SSSR count). The molecule has 0 aliphatic rings. The third kappa shape index (κ3) is 3.78. The molecule has 0 saturated carbocycles. The van der Waals surface area contributed by atoms with Gasteiger partial charge in [0.05, 0.1) is 0 Å². The molecule has 4 nitrogen and oxygen atoms in total. The van der Waals surface area contributed by atoms with E-state index in [1.165, 1.54) is 0 Å². The molecule has 0 aliphatic carbocycles. The van der Waals surface area contributed by atoms with Crippen LogP contribution in [0.25, 0.3) is 0 Å². The SMILES string of the molecule is O=S(=O)([O-])C(O)c1ccc(F)c(F)c1.[Na+].